The van der Waals surface area contributed by atoms with Gasteiger partial charge in [0.05, 0.1) is 25.3 Å². The summed E-state index contributed by atoms with van der Waals surface area (Å²) in [5, 5.41) is 35.4. The SMILES string of the molecule is CC[C@H](C)[C@H](NC(=O)[C@H](C)NC(=O)[C@@H](N)CC(=O)O)C(=O)N[C@@H](CC(N)=O)C(=O)N[C@@H](CC(=O)O)C(=O)O. The van der Waals surface area contributed by atoms with E-state index in [1.54, 1.807) is 13.8 Å². The molecular weight excluding hydrogens is 512 g/mol. The molecule has 0 heterocycles. The first-order valence-corrected chi connectivity index (χ1v) is 11.4. The summed E-state index contributed by atoms with van der Waals surface area (Å²) in [5.41, 5.74) is 10.6. The molecule has 38 heavy (non-hydrogen) atoms. The van der Waals surface area contributed by atoms with Gasteiger partial charge in [0.1, 0.15) is 24.2 Å². The number of amides is 5. The maximum Gasteiger partial charge on any atom is 0.326 e. The van der Waals surface area contributed by atoms with E-state index in [4.69, 9.17) is 26.8 Å². The van der Waals surface area contributed by atoms with Crippen LogP contribution < -0.4 is 32.7 Å². The lowest BCUT2D eigenvalue weighted by Crippen LogP contribution is -2.60. The van der Waals surface area contributed by atoms with Crippen LogP contribution in [0.15, 0.2) is 0 Å². The van der Waals surface area contributed by atoms with Crippen molar-refractivity contribution in [1.29, 1.82) is 0 Å². The van der Waals surface area contributed by atoms with Crippen LogP contribution in [-0.2, 0) is 38.4 Å². The molecule has 5 amide bonds. The number of nitrogens with two attached hydrogens (primary N) is 2. The van der Waals surface area contributed by atoms with Gasteiger partial charge in [-0.25, -0.2) is 4.79 Å². The minimum atomic E-state index is -1.87. The molecule has 0 radical (unpaired) electrons. The number of hydrogen-bond acceptors (Lipinski definition) is 9. The third kappa shape index (κ3) is 12.1. The van der Waals surface area contributed by atoms with Crippen LogP contribution in [0.3, 0.4) is 0 Å². The van der Waals surface area contributed by atoms with Crippen LogP contribution in [0.5, 0.6) is 0 Å². The standard InChI is InChI=1S/C21H34N6O11/c1-4-8(2)16(27-17(33)9(3)24-18(34)10(22)5-14(29)30)20(36)25-11(6-13(23)28)19(35)26-12(21(37)38)7-15(31)32/h8-12,16H,4-7,22H2,1-3H3,(H2,23,28)(H,24,34)(H,25,36)(H,26,35)(H,27,33)(H,29,30)(H,31,32)(H,37,38)/t8-,9-,10-,11-,12-,16-/m0/s1. The highest BCUT2D eigenvalue weighted by atomic mass is 16.4. The topological polar surface area (TPSA) is 297 Å². The molecule has 0 aromatic rings. The number of rotatable bonds is 17. The summed E-state index contributed by atoms with van der Waals surface area (Å²) in [6.07, 6.45) is -2.10. The fourth-order valence-corrected chi connectivity index (χ4v) is 2.97. The second kappa shape index (κ2) is 15.7. The van der Waals surface area contributed by atoms with Crippen molar-refractivity contribution in [2.45, 2.75) is 76.7 Å². The van der Waals surface area contributed by atoms with Crippen LogP contribution in [0.2, 0.25) is 0 Å². The fraction of sp³-hybridized carbons (Fsp3) is 0.619. The van der Waals surface area contributed by atoms with Crippen molar-refractivity contribution in [1.82, 2.24) is 21.3 Å². The van der Waals surface area contributed by atoms with Crippen LogP contribution in [0.1, 0.15) is 46.5 Å². The maximum absolute atomic E-state index is 13.0. The minimum Gasteiger partial charge on any atom is -0.481 e. The Labute approximate surface area is 217 Å². The summed E-state index contributed by atoms with van der Waals surface area (Å²) >= 11 is 0. The number of carboxylic acid groups (broad SMARTS) is 3. The summed E-state index contributed by atoms with van der Waals surface area (Å²) in [4.78, 5) is 94.5. The molecule has 0 aliphatic rings. The zero-order chi connectivity index (χ0) is 29.7. The van der Waals surface area contributed by atoms with Crippen molar-refractivity contribution in [3.05, 3.63) is 0 Å². The second-order valence-electron chi connectivity index (χ2n) is 8.54. The number of aliphatic carboxylic acids is 3. The number of hydrogen-bond donors (Lipinski definition) is 9. The quantitative estimate of drug-likeness (QED) is 0.0849. The predicted octanol–water partition coefficient (Wildman–Crippen LogP) is -3.77. The van der Waals surface area contributed by atoms with Gasteiger partial charge in [-0.05, 0) is 12.8 Å². The van der Waals surface area contributed by atoms with Crippen LogP contribution in [0.4, 0.5) is 0 Å². The number of nitrogens with one attached hydrogen (secondary N) is 4. The Hall–Kier alpha value is -4.28. The van der Waals surface area contributed by atoms with Gasteiger partial charge in [-0.3, -0.25) is 33.6 Å². The molecule has 0 unspecified atom stereocenters. The van der Waals surface area contributed by atoms with E-state index < -0.39 is 103 Å². The lowest BCUT2D eigenvalue weighted by Gasteiger charge is -2.28. The number of carbonyl (C=O) groups excluding carboxylic acids is 5. The molecule has 0 spiro atoms. The van der Waals surface area contributed by atoms with Crippen molar-refractivity contribution in [3.63, 3.8) is 0 Å². The van der Waals surface area contributed by atoms with E-state index in [1.165, 1.54) is 6.92 Å². The summed E-state index contributed by atoms with van der Waals surface area (Å²) in [5.74, 6) is -10.1. The Balaban J connectivity index is 5.63. The smallest absolute Gasteiger partial charge is 0.326 e. The summed E-state index contributed by atoms with van der Waals surface area (Å²) in [7, 11) is 0. The maximum atomic E-state index is 13.0. The van der Waals surface area contributed by atoms with E-state index in [1.807, 2.05) is 5.32 Å². The fourth-order valence-electron chi connectivity index (χ4n) is 2.97. The van der Waals surface area contributed by atoms with Gasteiger partial charge in [0.2, 0.25) is 29.5 Å². The first-order chi connectivity index (χ1) is 17.5. The van der Waals surface area contributed by atoms with E-state index in [0.29, 0.717) is 6.42 Å². The molecule has 17 heteroatoms. The number of carbonyl (C=O) groups is 8. The van der Waals surface area contributed by atoms with Gasteiger partial charge >= 0.3 is 17.9 Å². The molecule has 214 valence electrons. The average molecular weight is 547 g/mol. The monoisotopic (exact) mass is 546 g/mol. The van der Waals surface area contributed by atoms with Gasteiger partial charge in [-0.1, -0.05) is 20.3 Å². The zero-order valence-corrected chi connectivity index (χ0v) is 21.1. The molecule has 0 rings (SSSR count). The van der Waals surface area contributed by atoms with Gasteiger partial charge in [0, 0.05) is 0 Å². The minimum absolute atomic E-state index is 0.342. The molecule has 0 saturated carbocycles. The van der Waals surface area contributed by atoms with Crippen molar-refractivity contribution in [3.8, 4) is 0 Å². The Morgan fingerprint density at radius 3 is 1.66 bits per heavy atom. The van der Waals surface area contributed by atoms with Gasteiger partial charge in [0.15, 0.2) is 0 Å². The van der Waals surface area contributed by atoms with Crippen LogP contribution >= 0.6 is 0 Å². The summed E-state index contributed by atoms with van der Waals surface area (Å²) < 4.78 is 0. The van der Waals surface area contributed by atoms with E-state index in [-0.39, 0.29) is 0 Å². The van der Waals surface area contributed by atoms with Gasteiger partial charge in [-0.15, -0.1) is 0 Å². The Morgan fingerprint density at radius 1 is 0.684 bits per heavy atom. The molecular formula is C21H34N6O11. The molecule has 11 N–H and O–H groups in total. The van der Waals surface area contributed by atoms with Crippen LogP contribution in [-0.4, -0.2) is 93.0 Å². The highest BCUT2D eigenvalue weighted by Crippen LogP contribution is 2.10. The van der Waals surface area contributed by atoms with Crippen LogP contribution in [0, 0.1) is 5.92 Å². The second-order valence-corrected chi connectivity index (χ2v) is 8.54. The first-order valence-electron chi connectivity index (χ1n) is 11.4. The van der Waals surface area contributed by atoms with E-state index >= 15 is 0 Å². The van der Waals surface area contributed by atoms with Gasteiger partial charge in [0.25, 0.3) is 0 Å². The number of carboxylic acids is 3. The highest BCUT2D eigenvalue weighted by molar-refractivity contribution is 5.97. The molecule has 0 aliphatic carbocycles. The molecule has 17 nitrogen and oxygen atoms in total. The third-order valence-electron chi connectivity index (χ3n) is 5.31. The molecule has 0 aromatic carbocycles. The normalized spacial score (nSPS) is 15.4. The van der Waals surface area contributed by atoms with Crippen molar-refractivity contribution < 1.29 is 53.7 Å². The Morgan fingerprint density at radius 2 is 1.21 bits per heavy atom. The van der Waals surface area contributed by atoms with Gasteiger partial charge in [-0.2, -0.15) is 0 Å². The lowest BCUT2D eigenvalue weighted by atomic mass is 9.97. The summed E-state index contributed by atoms with van der Waals surface area (Å²) in [6.45, 7) is 4.52. The van der Waals surface area contributed by atoms with Crippen LogP contribution in [0.25, 0.3) is 0 Å². The molecule has 6 atom stereocenters. The summed E-state index contributed by atoms with van der Waals surface area (Å²) in [6, 6.07) is -7.56. The highest BCUT2D eigenvalue weighted by Gasteiger charge is 2.34. The van der Waals surface area contributed by atoms with E-state index in [2.05, 4.69) is 16.0 Å². The Kier molecular flexibility index (Phi) is 14.0. The predicted molar refractivity (Wildman–Crippen MR) is 127 cm³/mol. The molecule has 0 aliphatic heterocycles. The molecule has 0 bridgehead atoms. The third-order valence-corrected chi connectivity index (χ3v) is 5.31. The first kappa shape index (κ1) is 33.7. The van der Waals surface area contributed by atoms with E-state index in [0.717, 1.165) is 0 Å². The molecule has 0 aromatic heterocycles. The zero-order valence-electron chi connectivity index (χ0n) is 21.1. The molecule has 0 saturated heterocycles. The lowest BCUT2D eigenvalue weighted by molar-refractivity contribution is -0.147. The van der Waals surface area contributed by atoms with Crippen molar-refractivity contribution in [2.24, 2.45) is 17.4 Å². The van der Waals surface area contributed by atoms with Crippen molar-refractivity contribution in [2.75, 3.05) is 0 Å². The van der Waals surface area contributed by atoms with Gasteiger partial charge < -0.3 is 48.1 Å². The Bertz CT molecular complexity index is 941. The largest absolute Gasteiger partial charge is 0.481 e. The number of primary amides is 1. The average Bonchev–Trinajstić information content (AvgIpc) is 2.79. The van der Waals surface area contributed by atoms with Crippen molar-refractivity contribution >= 4 is 47.4 Å². The van der Waals surface area contributed by atoms with E-state index in [9.17, 15) is 38.4 Å². The molecule has 0 fully saturated rings.